The van der Waals surface area contributed by atoms with E-state index in [2.05, 4.69) is 47.5 Å². The van der Waals surface area contributed by atoms with Crippen LogP contribution in [0.2, 0.25) is 0 Å². The summed E-state index contributed by atoms with van der Waals surface area (Å²) in [6.07, 6.45) is 2.12. The first kappa shape index (κ1) is 57.5. The number of carboxylic acid groups (broad SMARTS) is 6. The van der Waals surface area contributed by atoms with Crippen molar-refractivity contribution in [1.82, 2.24) is 46.9 Å². The van der Waals surface area contributed by atoms with Crippen molar-refractivity contribution in [2.75, 3.05) is 25.1 Å². The summed E-state index contributed by atoms with van der Waals surface area (Å²) in [7, 11) is 0. The van der Waals surface area contributed by atoms with Gasteiger partial charge in [-0.25, -0.2) is 33.4 Å². The van der Waals surface area contributed by atoms with Crippen molar-refractivity contribution in [2.45, 2.75) is 133 Å². The van der Waals surface area contributed by atoms with Crippen LogP contribution in [-0.4, -0.2) is 155 Å². The average Bonchev–Trinajstić information content (AvgIpc) is 3.77. The van der Waals surface area contributed by atoms with E-state index in [-0.39, 0.29) is 76.3 Å². The second-order valence-electron chi connectivity index (χ2n) is 15.8. The van der Waals surface area contributed by atoms with Crippen LogP contribution in [0.15, 0.2) is 30.5 Å². The van der Waals surface area contributed by atoms with Gasteiger partial charge in [0.1, 0.15) is 24.2 Å². The standard InChI is InChI=1S/C42H61FN10O16/c43-21-5-6-27-24-53(52-51-27)28-13-9-25(10-14-28)46-26(11-17-33(54)44-22-3-1-7-29(37(60)61)47-41(68)49-31(39(64)65)15-19-35(56)57)12-18-34(55)45-23-4-2-8-30(38(62)63)48-42(69)50-32(40(66)67)16-20-36(58)59/h9-10,13-14,24,26,29-32,46H,1-8,11-12,15-23H2,(H,44,54)(H,45,55)(H,56,57)(H,58,59)(H,60,61)(H,62,63)(H,64,65)(H,66,67)(H2,47,49,68)(H2,48,50,69)/t29-,30-,31-,32-/m0/s1. The number of rotatable bonds is 36. The van der Waals surface area contributed by atoms with Gasteiger partial charge in [-0.05, 0) is 101 Å². The number of hydrogen-bond donors (Lipinski definition) is 13. The van der Waals surface area contributed by atoms with Crippen LogP contribution in [0.3, 0.4) is 0 Å². The van der Waals surface area contributed by atoms with Gasteiger partial charge in [-0.2, -0.15) is 0 Å². The minimum absolute atomic E-state index is 0.0280. The van der Waals surface area contributed by atoms with Gasteiger partial charge in [-0.3, -0.25) is 23.6 Å². The Balaban J connectivity index is 1.93. The number of nitrogens with zero attached hydrogens (tertiary/aromatic N) is 3. The summed E-state index contributed by atoms with van der Waals surface area (Å²) in [6.45, 7) is -0.167. The molecular formula is C42H61FN10O16. The number of aryl methyl sites for hydroxylation is 1. The summed E-state index contributed by atoms with van der Waals surface area (Å²) < 4.78 is 14.2. The zero-order chi connectivity index (χ0) is 51.3. The number of anilines is 1. The van der Waals surface area contributed by atoms with E-state index in [1.807, 2.05) is 0 Å². The van der Waals surface area contributed by atoms with Crippen molar-refractivity contribution in [1.29, 1.82) is 0 Å². The molecule has 0 aliphatic heterocycles. The number of unbranched alkanes of at least 4 members (excludes halogenated alkanes) is 2. The molecule has 0 aliphatic carbocycles. The number of amides is 6. The van der Waals surface area contributed by atoms with Crippen LogP contribution in [0, 0.1) is 0 Å². The van der Waals surface area contributed by atoms with E-state index in [9.17, 15) is 72.8 Å². The second kappa shape index (κ2) is 31.4. The van der Waals surface area contributed by atoms with Gasteiger partial charge in [-0.1, -0.05) is 5.21 Å². The first-order valence-corrected chi connectivity index (χ1v) is 22.1. The quantitative estimate of drug-likeness (QED) is 0.0427. The number of aliphatic carboxylic acids is 6. The van der Waals surface area contributed by atoms with Gasteiger partial charge < -0.3 is 67.9 Å². The Morgan fingerprint density at radius 1 is 0.536 bits per heavy atom. The zero-order valence-corrected chi connectivity index (χ0v) is 37.7. The Morgan fingerprint density at radius 2 is 0.957 bits per heavy atom. The number of aromatic nitrogens is 3. The first-order valence-electron chi connectivity index (χ1n) is 22.1. The summed E-state index contributed by atoms with van der Waals surface area (Å²) in [5.74, 6) is -8.99. The fraction of sp³-hybridized carbons (Fsp3) is 0.571. The first-order chi connectivity index (χ1) is 32.8. The van der Waals surface area contributed by atoms with Gasteiger partial charge in [-0.15, -0.1) is 5.10 Å². The monoisotopic (exact) mass is 980 g/mol. The molecule has 6 amide bonds. The minimum Gasteiger partial charge on any atom is -0.481 e. The molecule has 1 aromatic carbocycles. The Bertz CT molecular complexity index is 1940. The van der Waals surface area contributed by atoms with Crippen LogP contribution < -0.4 is 37.2 Å². The maximum absolute atomic E-state index is 12.9. The number of halogens is 1. The molecule has 2 rings (SSSR count). The Hall–Kier alpha value is -7.61. The summed E-state index contributed by atoms with van der Waals surface area (Å²) in [4.78, 5) is 118. The Morgan fingerprint density at radius 3 is 1.35 bits per heavy atom. The predicted molar refractivity (Wildman–Crippen MR) is 238 cm³/mol. The number of benzene rings is 1. The molecule has 0 aliphatic rings. The Kier molecular flexibility index (Phi) is 26.2. The molecule has 0 radical (unpaired) electrons. The maximum atomic E-state index is 12.9. The lowest BCUT2D eigenvalue weighted by molar-refractivity contribution is -0.142. The molecule has 0 fully saturated rings. The molecular weight excluding hydrogens is 920 g/mol. The van der Waals surface area contributed by atoms with Crippen molar-refractivity contribution < 1.29 is 83.0 Å². The highest BCUT2D eigenvalue weighted by molar-refractivity contribution is 5.87. The molecule has 0 bridgehead atoms. The van der Waals surface area contributed by atoms with Crippen LogP contribution in [0.5, 0.6) is 0 Å². The third-order valence-electron chi connectivity index (χ3n) is 10.2. The molecule has 4 atom stereocenters. The molecule has 26 nitrogen and oxygen atoms in total. The molecule has 0 saturated heterocycles. The van der Waals surface area contributed by atoms with Gasteiger partial charge in [0, 0.05) is 50.5 Å². The maximum Gasteiger partial charge on any atom is 0.326 e. The Labute approximate surface area is 394 Å². The number of carboxylic acids is 6. The van der Waals surface area contributed by atoms with Crippen LogP contribution in [0.25, 0.3) is 5.69 Å². The highest BCUT2D eigenvalue weighted by Crippen LogP contribution is 2.18. The molecule has 13 N–H and O–H groups in total. The third-order valence-corrected chi connectivity index (χ3v) is 10.2. The molecule has 69 heavy (non-hydrogen) atoms. The molecule has 2 aromatic rings. The lowest BCUT2D eigenvalue weighted by atomic mass is 10.0. The highest BCUT2D eigenvalue weighted by Gasteiger charge is 2.26. The van der Waals surface area contributed by atoms with Gasteiger partial charge in [0.2, 0.25) is 11.8 Å². The summed E-state index contributed by atoms with van der Waals surface area (Å²) >= 11 is 0. The van der Waals surface area contributed by atoms with E-state index in [4.69, 9.17) is 10.2 Å². The van der Waals surface area contributed by atoms with Crippen LogP contribution in [-0.2, 0) is 44.8 Å². The normalized spacial score (nSPS) is 12.6. The van der Waals surface area contributed by atoms with E-state index < -0.39 is 110 Å². The van der Waals surface area contributed by atoms with E-state index in [1.54, 1.807) is 35.1 Å². The summed E-state index contributed by atoms with van der Waals surface area (Å²) in [6, 6.07) is -1.44. The van der Waals surface area contributed by atoms with Crippen molar-refractivity contribution in [2.24, 2.45) is 0 Å². The topological polar surface area (TPSA) is 407 Å². The van der Waals surface area contributed by atoms with E-state index in [0.717, 1.165) is 0 Å². The predicted octanol–water partition coefficient (Wildman–Crippen LogP) is 1.22. The van der Waals surface area contributed by atoms with E-state index in [1.165, 1.54) is 0 Å². The van der Waals surface area contributed by atoms with Gasteiger partial charge >= 0.3 is 47.9 Å². The van der Waals surface area contributed by atoms with Crippen molar-refractivity contribution in [3.63, 3.8) is 0 Å². The molecule has 1 aromatic heterocycles. The molecule has 1 heterocycles. The van der Waals surface area contributed by atoms with Crippen LogP contribution >= 0.6 is 0 Å². The minimum atomic E-state index is -1.55. The second-order valence-corrected chi connectivity index (χ2v) is 15.8. The molecule has 27 heteroatoms. The van der Waals surface area contributed by atoms with E-state index >= 15 is 0 Å². The molecule has 382 valence electrons. The molecule has 0 spiro atoms. The van der Waals surface area contributed by atoms with Gasteiger partial charge in [0.25, 0.3) is 0 Å². The number of alkyl halides is 1. The molecule has 0 unspecified atom stereocenters. The molecule has 0 saturated carbocycles. The lowest BCUT2D eigenvalue weighted by Gasteiger charge is -2.20. The smallest absolute Gasteiger partial charge is 0.326 e. The van der Waals surface area contributed by atoms with Crippen LogP contribution in [0.4, 0.5) is 19.7 Å². The van der Waals surface area contributed by atoms with Crippen molar-refractivity contribution in [3.05, 3.63) is 36.2 Å². The van der Waals surface area contributed by atoms with Crippen molar-refractivity contribution in [3.8, 4) is 5.69 Å². The number of nitrogens with one attached hydrogen (secondary N) is 7. The lowest BCUT2D eigenvalue weighted by Crippen LogP contribution is -2.51. The fourth-order valence-corrected chi connectivity index (χ4v) is 6.49. The summed E-state index contributed by atoms with van der Waals surface area (Å²) in [5, 5.41) is 80.6. The van der Waals surface area contributed by atoms with Gasteiger partial charge in [0.15, 0.2) is 0 Å². The number of carbonyl (C=O) groups is 10. The van der Waals surface area contributed by atoms with Gasteiger partial charge in [0.05, 0.1) is 24.3 Å². The SMILES string of the molecule is O=C(O)CC[C@H](NC(=O)N[C@@H](CCCCNC(=O)CCC(CCC(=O)NCCCC[C@H](NC(=O)N[C@@H](CCC(=O)O)C(=O)O)C(=O)O)Nc1ccc(-n2cc(CCCF)nn2)cc1)C(=O)O)C(=O)O. The van der Waals surface area contributed by atoms with Crippen LogP contribution in [0.1, 0.15) is 102 Å². The average molecular weight is 981 g/mol. The number of hydrogen-bond acceptors (Lipinski definition) is 13. The fourth-order valence-electron chi connectivity index (χ4n) is 6.49. The van der Waals surface area contributed by atoms with Crippen molar-refractivity contribution >= 4 is 65.4 Å². The summed E-state index contributed by atoms with van der Waals surface area (Å²) in [5.41, 5.74) is 1.96. The number of urea groups is 2. The largest absolute Gasteiger partial charge is 0.481 e. The zero-order valence-electron chi connectivity index (χ0n) is 37.7. The third kappa shape index (κ3) is 24.7. The number of carbonyl (C=O) groups excluding carboxylic acids is 4. The van der Waals surface area contributed by atoms with E-state index in [0.29, 0.717) is 42.8 Å². The highest BCUT2D eigenvalue weighted by atomic mass is 19.1.